The van der Waals surface area contributed by atoms with Crippen LogP contribution in [0.3, 0.4) is 0 Å². The number of piperidine rings is 1. The number of ketones is 1. The summed E-state index contributed by atoms with van der Waals surface area (Å²) in [5.41, 5.74) is 0. The van der Waals surface area contributed by atoms with E-state index in [0.717, 1.165) is 51.6 Å². The minimum Gasteiger partial charge on any atom is -0.454 e. The van der Waals surface area contributed by atoms with Gasteiger partial charge in [0.15, 0.2) is 11.9 Å². The summed E-state index contributed by atoms with van der Waals surface area (Å²) in [6.07, 6.45) is 6.63. The molecule has 1 saturated heterocycles. The zero-order chi connectivity index (χ0) is 13.7. The number of carbonyl (C=O) groups is 2. The Labute approximate surface area is 115 Å². The van der Waals surface area contributed by atoms with Gasteiger partial charge in [-0.1, -0.05) is 19.3 Å². The van der Waals surface area contributed by atoms with Gasteiger partial charge in [-0.3, -0.25) is 9.59 Å². The molecule has 2 fully saturated rings. The Hall–Kier alpha value is -0.900. The quantitative estimate of drug-likeness (QED) is 0.792. The van der Waals surface area contributed by atoms with E-state index in [2.05, 4.69) is 5.32 Å². The van der Waals surface area contributed by atoms with Crippen LogP contribution in [0.5, 0.6) is 0 Å². The van der Waals surface area contributed by atoms with E-state index in [9.17, 15) is 9.59 Å². The van der Waals surface area contributed by atoms with Crippen molar-refractivity contribution in [3.05, 3.63) is 0 Å². The second-order valence-electron chi connectivity index (χ2n) is 5.86. The molecule has 1 aliphatic carbocycles. The van der Waals surface area contributed by atoms with Gasteiger partial charge >= 0.3 is 5.97 Å². The highest BCUT2D eigenvalue weighted by molar-refractivity contribution is 5.87. The number of esters is 1. The van der Waals surface area contributed by atoms with Gasteiger partial charge in [-0.15, -0.1) is 0 Å². The SMILES string of the molecule is CC(OC(=O)C1CCCCC1)C(=O)C1CCCNC1. The molecule has 4 nitrogen and oxygen atoms in total. The van der Waals surface area contributed by atoms with Crippen LogP contribution in [0, 0.1) is 11.8 Å². The van der Waals surface area contributed by atoms with Crippen LogP contribution < -0.4 is 5.32 Å². The highest BCUT2D eigenvalue weighted by Crippen LogP contribution is 2.25. The second kappa shape index (κ2) is 7.04. The Kier molecular flexibility index (Phi) is 5.37. The van der Waals surface area contributed by atoms with Crippen LogP contribution in [-0.4, -0.2) is 30.9 Å². The van der Waals surface area contributed by atoms with Crippen molar-refractivity contribution in [1.82, 2.24) is 5.32 Å². The van der Waals surface area contributed by atoms with E-state index < -0.39 is 6.10 Å². The van der Waals surface area contributed by atoms with Gasteiger partial charge in [0.2, 0.25) is 0 Å². The molecule has 0 bridgehead atoms. The van der Waals surface area contributed by atoms with E-state index >= 15 is 0 Å². The van der Waals surface area contributed by atoms with Crippen molar-refractivity contribution in [2.24, 2.45) is 11.8 Å². The van der Waals surface area contributed by atoms with E-state index in [-0.39, 0.29) is 23.6 Å². The second-order valence-corrected chi connectivity index (χ2v) is 5.86. The first-order valence-electron chi connectivity index (χ1n) is 7.63. The van der Waals surface area contributed by atoms with Gasteiger partial charge in [0.1, 0.15) is 0 Å². The van der Waals surface area contributed by atoms with Crippen molar-refractivity contribution in [2.75, 3.05) is 13.1 Å². The van der Waals surface area contributed by atoms with E-state index in [0.29, 0.717) is 0 Å². The molecule has 0 aromatic rings. The van der Waals surface area contributed by atoms with Gasteiger partial charge in [-0.2, -0.15) is 0 Å². The van der Waals surface area contributed by atoms with Crippen LogP contribution in [0.25, 0.3) is 0 Å². The number of ether oxygens (including phenoxy) is 1. The lowest BCUT2D eigenvalue weighted by atomic mass is 9.89. The van der Waals surface area contributed by atoms with Crippen molar-refractivity contribution in [1.29, 1.82) is 0 Å². The van der Waals surface area contributed by atoms with Crippen molar-refractivity contribution in [3.63, 3.8) is 0 Å². The van der Waals surface area contributed by atoms with E-state index in [1.54, 1.807) is 6.92 Å². The summed E-state index contributed by atoms with van der Waals surface area (Å²) < 4.78 is 5.39. The van der Waals surface area contributed by atoms with Crippen LogP contribution in [0.1, 0.15) is 51.9 Å². The number of Topliss-reactive ketones (excluding diaryl/α,β-unsaturated/α-hetero) is 1. The molecule has 0 spiro atoms. The fourth-order valence-electron chi connectivity index (χ4n) is 3.09. The van der Waals surface area contributed by atoms with Crippen molar-refractivity contribution < 1.29 is 14.3 Å². The molecule has 1 aliphatic heterocycles. The monoisotopic (exact) mass is 267 g/mol. The van der Waals surface area contributed by atoms with Gasteiger partial charge < -0.3 is 10.1 Å². The lowest BCUT2D eigenvalue weighted by Crippen LogP contribution is -2.40. The summed E-state index contributed by atoms with van der Waals surface area (Å²) in [5.74, 6) is -0.0444. The third kappa shape index (κ3) is 4.03. The van der Waals surface area contributed by atoms with Crippen molar-refractivity contribution >= 4 is 11.8 Å². The fraction of sp³-hybridized carbons (Fsp3) is 0.867. The Bertz CT molecular complexity index is 317. The summed E-state index contributed by atoms with van der Waals surface area (Å²) in [7, 11) is 0. The molecule has 0 aromatic carbocycles. The van der Waals surface area contributed by atoms with Crippen molar-refractivity contribution in [3.8, 4) is 0 Å². The topological polar surface area (TPSA) is 55.4 Å². The van der Waals surface area contributed by atoms with Crippen LogP contribution in [0.4, 0.5) is 0 Å². The van der Waals surface area contributed by atoms with Crippen LogP contribution in [0.15, 0.2) is 0 Å². The maximum absolute atomic E-state index is 12.2. The number of nitrogens with one attached hydrogen (secondary N) is 1. The summed E-state index contributed by atoms with van der Waals surface area (Å²) in [4.78, 5) is 24.2. The average Bonchev–Trinajstić information content (AvgIpc) is 2.48. The van der Waals surface area contributed by atoms with E-state index in [1.165, 1.54) is 6.42 Å². The normalized spacial score (nSPS) is 26.7. The summed E-state index contributed by atoms with van der Waals surface area (Å²) in [6, 6.07) is 0. The average molecular weight is 267 g/mol. The summed E-state index contributed by atoms with van der Waals surface area (Å²) in [5, 5.41) is 3.23. The molecule has 1 N–H and O–H groups in total. The molecule has 108 valence electrons. The molecule has 2 unspecified atom stereocenters. The lowest BCUT2D eigenvalue weighted by Gasteiger charge is -2.26. The molecular weight excluding hydrogens is 242 g/mol. The van der Waals surface area contributed by atoms with E-state index in [4.69, 9.17) is 4.74 Å². The highest BCUT2D eigenvalue weighted by Gasteiger charge is 2.30. The van der Waals surface area contributed by atoms with Crippen LogP contribution in [0.2, 0.25) is 0 Å². The third-order valence-corrected chi connectivity index (χ3v) is 4.33. The zero-order valence-electron chi connectivity index (χ0n) is 11.8. The maximum Gasteiger partial charge on any atom is 0.309 e. The molecule has 1 heterocycles. The number of hydrogen-bond acceptors (Lipinski definition) is 4. The molecule has 0 amide bonds. The Morgan fingerprint density at radius 2 is 1.74 bits per heavy atom. The Balaban J connectivity index is 1.80. The molecule has 1 saturated carbocycles. The molecular formula is C15H25NO3. The van der Waals surface area contributed by atoms with Crippen LogP contribution in [-0.2, 0) is 14.3 Å². The molecule has 0 radical (unpaired) electrons. The number of rotatable bonds is 4. The first-order valence-corrected chi connectivity index (χ1v) is 7.63. The number of hydrogen-bond donors (Lipinski definition) is 1. The molecule has 4 heteroatoms. The summed E-state index contributed by atoms with van der Waals surface area (Å²) >= 11 is 0. The highest BCUT2D eigenvalue weighted by atomic mass is 16.5. The Morgan fingerprint density at radius 3 is 2.37 bits per heavy atom. The number of carbonyl (C=O) groups excluding carboxylic acids is 2. The third-order valence-electron chi connectivity index (χ3n) is 4.33. The van der Waals surface area contributed by atoms with Gasteiger partial charge in [0.05, 0.1) is 5.92 Å². The largest absolute Gasteiger partial charge is 0.454 e. The molecule has 2 aliphatic rings. The minimum absolute atomic E-state index is 0.0166. The summed E-state index contributed by atoms with van der Waals surface area (Å²) in [6.45, 7) is 3.43. The fourth-order valence-corrected chi connectivity index (χ4v) is 3.09. The first kappa shape index (κ1) is 14.5. The Morgan fingerprint density at radius 1 is 1.05 bits per heavy atom. The first-order chi connectivity index (χ1) is 9.18. The lowest BCUT2D eigenvalue weighted by molar-refractivity contribution is -0.160. The maximum atomic E-state index is 12.2. The molecule has 0 aromatic heterocycles. The zero-order valence-corrected chi connectivity index (χ0v) is 11.8. The van der Waals surface area contributed by atoms with Crippen molar-refractivity contribution in [2.45, 2.75) is 58.0 Å². The van der Waals surface area contributed by atoms with Gasteiger partial charge in [0.25, 0.3) is 0 Å². The molecule has 2 atom stereocenters. The van der Waals surface area contributed by atoms with Gasteiger partial charge in [0, 0.05) is 12.5 Å². The van der Waals surface area contributed by atoms with Gasteiger partial charge in [-0.05, 0) is 39.2 Å². The predicted molar refractivity (Wildman–Crippen MR) is 72.7 cm³/mol. The smallest absolute Gasteiger partial charge is 0.309 e. The molecule has 19 heavy (non-hydrogen) atoms. The van der Waals surface area contributed by atoms with Gasteiger partial charge in [-0.25, -0.2) is 0 Å². The standard InChI is InChI=1S/C15H25NO3/c1-11(14(17)13-8-5-9-16-10-13)19-15(18)12-6-3-2-4-7-12/h11-13,16H,2-10H2,1H3. The predicted octanol–water partition coefficient (Wildman–Crippen LogP) is 2.07. The minimum atomic E-state index is -0.584. The van der Waals surface area contributed by atoms with E-state index in [1.807, 2.05) is 0 Å². The van der Waals surface area contributed by atoms with Crippen LogP contribution >= 0.6 is 0 Å². The molecule has 2 rings (SSSR count).